The fourth-order valence-corrected chi connectivity index (χ4v) is 2.98. The van der Waals surface area contributed by atoms with Gasteiger partial charge in [-0.1, -0.05) is 17.7 Å². The zero-order valence-electron chi connectivity index (χ0n) is 15.8. The van der Waals surface area contributed by atoms with Crippen LogP contribution in [0.1, 0.15) is 15.9 Å². The molecule has 1 heterocycles. The summed E-state index contributed by atoms with van der Waals surface area (Å²) >= 11 is 0. The molecule has 2 amide bonds. The van der Waals surface area contributed by atoms with Gasteiger partial charge in [-0.05, 0) is 43.3 Å². The Bertz CT molecular complexity index is 781. The van der Waals surface area contributed by atoms with Gasteiger partial charge in [0.25, 0.3) is 5.91 Å². The monoisotopic (exact) mass is 367 g/mol. The van der Waals surface area contributed by atoms with E-state index in [4.69, 9.17) is 4.74 Å². The number of nitrogens with one attached hydrogen (secondary N) is 1. The van der Waals surface area contributed by atoms with Gasteiger partial charge in [-0.2, -0.15) is 0 Å². The Morgan fingerprint density at radius 2 is 1.67 bits per heavy atom. The fourth-order valence-electron chi connectivity index (χ4n) is 2.98. The van der Waals surface area contributed by atoms with Gasteiger partial charge in [-0.15, -0.1) is 0 Å². The van der Waals surface area contributed by atoms with E-state index in [-0.39, 0.29) is 18.4 Å². The predicted molar refractivity (Wildman–Crippen MR) is 106 cm³/mol. The molecule has 1 aliphatic heterocycles. The first-order valence-corrected chi connectivity index (χ1v) is 9.07. The number of likely N-dealkylation sites (N-methyl/N-ethyl adjacent to an activating group) is 1. The molecule has 0 atom stereocenters. The number of amides is 2. The number of anilines is 2. The highest BCUT2D eigenvalue weighted by Gasteiger charge is 2.16. The molecule has 0 radical (unpaired) electrons. The van der Waals surface area contributed by atoms with Gasteiger partial charge < -0.3 is 19.9 Å². The number of carbonyl (C=O) groups is 2. The normalized spacial score (nSPS) is 13.9. The number of carbonyl (C=O) groups excluding carboxylic acids is 2. The zero-order chi connectivity index (χ0) is 19.2. The number of ether oxygens (including phenoxy) is 1. The number of hydrogen-bond acceptors (Lipinski definition) is 4. The lowest BCUT2D eigenvalue weighted by Crippen LogP contribution is -2.36. The van der Waals surface area contributed by atoms with E-state index in [0.29, 0.717) is 5.56 Å². The van der Waals surface area contributed by atoms with Crippen molar-refractivity contribution in [2.75, 3.05) is 50.1 Å². The Balaban J connectivity index is 1.56. The Labute approximate surface area is 159 Å². The first kappa shape index (κ1) is 18.9. The van der Waals surface area contributed by atoms with Crippen LogP contribution in [0.5, 0.6) is 0 Å². The van der Waals surface area contributed by atoms with E-state index >= 15 is 0 Å². The standard InChI is InChI=1S/C21H25N3O3/c1-16-3-7-18(8-4-16)22-20(25)15-23(2)21(26)17-5-9-19(10-6-17)24-11-13-27-14-12-24/h3-10H,11-15H2,1-2H3,(H,22,25). The first-order chi connectivity index (χ1) is 13.0. The maximum Gasteiger partial charge on any atom is 0.254 e. The topological polar surface area (TPSA) is 61.9 Å². The number of morpholine rings is 1. The molecular weight excluding hydrogens is 342 g/mol. The maximum absolute atomic E-state index is 12.6. The van der Waals surface area contributed by atoms with Crippen molar-refractivity contribution >= 4 is 23.2 Å². The van der Waals surface area contributed by atoms with E-state index in [1.807, 2.05) is 55.5 Å². The third kappa shape index (κ3) is 5.08. The van der Waals surface area contributed by atoms with Crippen LogP contribution in [0.4, 0.5) is 11.4 Å². The highest BCUT2D eigenvalue weighted by Crippen LogP contribution is 2.17. The summed E-state index contributed by atoms with van der Waals surface area (Å²) in [6, 6.07) is 15.1. The summed E-state index contributed by atoms with van der Waals surface area (Å²) in [4.78, 5) is 28.4. The SMILES string of the molecule is Cc1ccc(NC(=O)CN(C)C(=O)c2ccc(N3CCOCC3)cc2)cc1. The third-order valence-electron chi connectivity index (χ3n) is 4.55. The molecule has 0 saturated carbocycles. The number of benzene rings is 2. The van der Waals surface area contributed by atoms with Crippen molar-refractivity contribution < 1.29 is 14.3 Å². The summed E-state index contributed by atoms with van der Waals surface area (Å²) < 4.78 is 5.36. The van der Waals surface area contributed by atoms with Crippen LogP contribution >= 0.6 is 0 Å². The molecule has 1 fully saturated rings. The Hall–Kier alpha value is -2.86. The Morgan fingerprint density at radius 3 is 2.30 bits per heavy atom. The lowest BCUT2D eigenvalue weighted by Gasteiger charge is -2.29. The zero-order valence-corrected chi connectivity index (χ0v) is 15.8. The van der Waals surface area contributed by atoms with E-state index < -0.39 is 0 Å². The molecule has 6 heteroatoms. The fraction of sp³-hybridized carbons (Fsp3) is 0.333. The largest absolute Gasteiger partial charge is 0.378 e. The lowest BCUT2D eigenvalue weighted by molar-refractivity contribution is -0.116. The molecule has 27 heavy (non-hydrogen) atoms. The van der Waals surface area contributed by atoms with Crippen LogP contribution in [-0.2, 0) is 9.53 Å². The maximum atomic E-state index is 12.6. The molecule has 0 unspecified atom stereocenters. The highest BCUT2D eigenvalue weighted by molar-refractivity contribution is 5.99. The van der Waals surface area contributed by atoms with Crippen LogP contribution in [0.15, 0.2) is 48.5 Å². The molecule has 0 aliphatic carbocycles. The van der Waals surface area contributed by atoms with Gasteiger partial charge in [0.05, 0.1) is 19.8 Å². The van der Waals surface area contributed by atoms with E-state index in [1.165, 1.54) is 4.90 Å². The van der Waals surface area contributed by atoms with Crippen LogP contribution in [0.2, 0.25) is 0 Å². The summed E-state index contributed by atoms with van der Waals surface area (Å²) in [7, 11) is 1.63. The van der Waals surface area contributed by atoms with Gasteiger partial charge in [0.1, 0.15) is 0 Å². The minimum Gasteiger partial charge on any atom is -0.378 e. The average molecular weight is 367 g/mol. The van der Waals surface area contributed by atoms with Crippen LogP contribution < -0.4 is 10.2 Å². The number of aryl methyl sites for hydroxylation is 1. The molecule has 0 spiro atoms. The molecule has 2 aromatic rings. The minimum atomic E-state index is -0.223. The van der Waals surface area contributed by atoms with Crippen molar-refractivity contribution in [2.45, 2.75) is 6.92 Å². The first-order valence-electron chi connectivity index (χ1n) is 9.07. The van der Waals surface area contributed by atoms with E-state index in [2.05, 4.69) is 10.2 Å². The van der Waals surface area contributed by atoms with Crippen LogP contribution in [0.3, 0.4) is 0 Å². The Morgan fingerprint density at radius 1 is 1.04 bits per heavy atom. The molecular formula is C21H25N3O3. The lowest BCUT2D eigenvalue weighted by atomic mass is 10.1. The van der Waals surface area contributed by atoms with Gasteiger partial charge in [0, 0.05) is 37.1 Å². The molecule has 3 rings (SSSR count). The van der Waals surface area contributed by atoms with Crippen LogP contribution in [0, 0.1) is 6.92 Å². The second-order valence-corrected chi connectivity index (χ2v) is 6.72. The summed E-state index contributed by atoms with van der Waals surface area (Å²) in [5.74, 6) is -0.401. The van der Waals surface area contributed by atoms with Crippen molar-refractivity contribution in [2.24, 2.45) is 0 Å². The second-order valence-electron chi connectivity index (χ2n) is 6.72. The molecule has 1 saturated heterocycles. The van der Waals surface area contributed by atoms with E-state index in [0.717, 1.165) is 43.2 Å². The van der Waals surface area contributed by atoms with E-state index in [9.17, 15) is 9.59 Å². The minimum absolute atomic E-state index is 0.00206. The highest BCUT2D eigenvalue weighted by atomic mass is 16.5. The van der Waals surface area contributed by atoms with Crippen LogP contribution in [0.25, 0.3) is 0 Å². The van der Waals surface area contributed by atoms with Crippen molar-refractivity contribution in [1.29, 1.82) is 0 Å². The van der Waals surface area contributed by atoms with Crippen LogP contribution in [-0.4, -0.2) is 56.6 Å². The Kier molecular flexibility index (Phi) is 6.08. The van der Waals surface area contributed by atoms with Crippen molar-refractivity contribution in [1.82, 2.24) is 4.90 Å². The quantitative estimate of drug-likeness (QED) is 0.882. The molecule has 2 aromatic carbocycles. The summed E-state index contributed by atoms with van der Waals surface area (Å²) in [5.41, 5.74) is 3.49. The van der Waals surface area contributed by atoms with Crippen molar-refractivity contribution in [3.63, 3.8) is 0 Å². The molecule has 142 valence electrons. The molecule has 1 N–H and O–H groups in total. The molecule has 1 aliphatic rings. The molecule has 6 nitrogen and oxygen atoms in total. The third-order valence-corrected chi connectivity index (χ3v) is 4.55. The predicted octanol–water partition coefficient (Wildman–Crippen LogP) is 2.54. The van der Waals surface area contributed by atoms with Crippen molar-refractivity contribution in [3.8, 4) is 0 Å². The number of nitrogens with zero attached hydrogens (tertiary/aromatic N) is 2. The summed E-state index contributed by atoms with van der Waals surface area (Å²) in [6.45, 7) is 5.14. The second kappa shape index (κ2) is 8.68. The van der Waals surface area contributed by atoms with Gasteiger partial charge in [0.15, 0.2) is 0 Å². The number of hydrogen-bond donors (Lipinski definition) is 1. The summed E-state index contributed by atoms with van der Waals surface area (Å²) in [6.07, 6.45) is 0. The number of rotatable bonds is 5. The van der Waals surface area contributed by atoms with Gasteiger partial charge >= 0.3 is 0 Å². The molecule has 0 bridgehead atoms. The smallest absolute Gasteiger partial charge is 0.254 e. The van der Waals surface area contributed by atoms with Gasteiger partial charge in [0.2, 0.25) is 5.91 Å². The molecule has 0 aromatic heterocycles. The summed E-state index contributed by atoms with van der Waals surface area (Å²) in [5, 5.41) is 2.81. The van der Waals surface area contributed by atoms with Gasteiger partial charge in [-0.25, -0.2) is 0 Å². The van der Waals surface area contributed by atoms with E-state index in [1.54, 1.807) is 7.05 Å². The van der Waals surface area contributed by atoms with Gasteiger partial charge in [-0.3, -0.25) is 9.59 Å². The van der Waals surface area contributed by atoms with Crippen molar-refractivity contribution in [3.05, 3.63) is 59.7 Å². The average Bonchev–Trinajstić information content (AvgIpc) is 2.70.